The highest BCUT2D eigenvalue weighted by Gasteiger charge is 2.38. The average molecular weight is 301 g/mol. The summed E-state index contributed by atoms with van der Waals surface area (Å²) < 4.78 is 38.6. The minimum atomic E-state index is -4.46. The summed E-state index contributed by atoms with van der Waals surface area (Å²) in [6.07, 6.45) is 3.05. The Morgan fingerprint density at radius 2 is 1.86 bits per heavy atom. The third-order valence-corrected chi connectivity index (χ3v) is 4.17. The number of rotatable bonds is 4. The molecule has 2 aliphatic carbocycles. The van der Waals surface area contributed by atoms with Gasteiger partial charge in [0.2, 0.25) is 5.91 Å². The quantitative estimate of drug-likeness (QED) is 0.857. The molecule has 4 nitrogen and oxygen atoms in total. The van der Waals surface area contributed by atoms with Crippen molar-refractivity contribution in [2.24, 2.45) is 0 Å². The standard InChI is InChI=1S/C14H18F3N3O/c15-14(16,17)12-7-8-19(18-12)9-13(21)20(11-5-6-11)10-3-1-2-4-10/h7-8,10-11H,1-6,9H2. The number of hydrogen-bond acceptors (Lipinski definition) is 2. The molecule has 0 N–H and O–H groups in total. The molecule has 116 valence electrons. The molecule has 0 unspecified atom stereocenters. The van der Waals surface area contributed by atoms with Crippen molar-refractivity contribution in [2.75, 3.05) is 0 Å². The van der Waals surface area contributed by atoms with Crippen molar-refractivity contribution < 1.29 is 18.0 Å². The second kappa shape index (κ2) is 5.35. The average Bonchev–Trinajstić information content (AvgIpc) is 2.90. The Kier molecular flexibility index (Phi) is 3.67. The first-order valence-electron chi connectivity index (χ1n) is 7.37. The largest absolute Gasteiger partial charge is 0.435 e. The molecule has 0 bridgehead atoms. The van der Waals surface area contributed by atoms with Crippen LogP contribution in [0.25, 0.3) is 0 Å². The lowest BCUT2D eigenvalue weighted by Gasteiger charge is -2.29. The van der Waals surface area contributed by atoms with Crippen molar-refractivity contribution >= 4 is 5.91 Å². The Labute approximate surface area is 120 Å². The van der Waals surface area contributed by atoms with E-state index >= 15 is 0 Å². The fourth-order valence-electron chi connectivity index (χ4n) is 3.06. The van der Waals surface area contributed by atoms with Crippen molar-refractivity contribution in [3.63, 3.8) is 0 Å². The number of aromatic nitrogens is 2. The fourth-order valence-corrected chi connectivity index (χ4v) is 3.06. The lowest BCUT2D eigenvalue weighted by molar-refractivity contribution is -0.142. The predicted octanol–water partition coefficient (Wildman–Crippen LogP) is 2.84. The molecule has 1 amide bonds. The first-order chi connectivity index (χ1) is 9.95. The van der Waals surface area contributed by atoms with Gasteiger partial charge >= 0.3 is 6.18 Å². The molecule has 0 atom stereocenters. The molecule has 0 spiro atoms. The number of halogens is 3. The number of alkyl halides is 3. The summed E-state index contributed by atoms with van der Waals surface area (Å²) in [4.78, 5) is 14.3. The lowest BCUT2D eigenvalue weighted by Crippen LogP contribution is -2.42. The normalized spacial score (nSPS) is 20.0. The Morgan fingerprint density at radius 3 is 2.38 bits per heavy atom. The molecule has 0 aliphatic heterocycles. The van der Waals surface area contributed by atoms with E-state index in [-0.39, 0.29) is 18.5 Å². The van der Waals surface area contributed by atoms with Crippen molar-refractivity contribution in [3.05, 3.63) is 18.0 Å². The fraction of sp³-hybridized carbons (Fsp3) is 0.714. The third-order valence-electron chi connectivity index (χ3n) is 4.17. The van der Waals surface area contributed by atoms with Crippen LogP contribution in [0.3, 0.4) is 0 Å². The Hall–Kier alpha value is -1.53. The first kappa shape index (κ1) is 14.4. The van der Waals surface area contributed by atoms with Gasteiger partial charge in [-0.25, -0.2) is 0 Å². The van der Waals surface area contributed by atoms with Gasteiger partial charge < -0.3 is 4.90 Å². The van der Waals surface area contributed by atoms with E-state index in [0.29, 0.717) is 6.04 Å². The maximum absolute atomic E-state index is 12.5. The maximum atomic E-state index is 12.5. The van der Waals surface area contributed by atoms with E-state index in [1.807, 2.05) is 4.90 Å². The van der Waals surface area contributed by atoms with Gasteiger partial charge in [-0.2, -0.15) is 18.3 Å². The van der Waals surface area contributed by atoms with Crippen LogP contribution in [0.15, 0.2) is 12.3 Å². The van der Waals surface area contributed by atoms with Gasteiger partial charge in [0, 0.05) is 18.3 Å². The Bertz CT molecular complexity index is 516. The van der Waals surface area contributed by atoms with Gasteiger partial charge in [-0.15, -0.1) is 0 Å². The Morgan fingerprint density at radius 1 is 1.24 bits per heavy atom. The number of carbonyl (C=O) groups is 1. The minimum Gasteiger partial charge on any atom is -0.335 e. The van der Waals surface area contributed by atoms with Crippen molar-refractivity contribution in [2.45, 2.75) is 63.3 Å². The molecule has 1 aromatic rings. The van der Waals surface area contributed by atoms with Crippen molar-refractivity contribution in [1.82, 2.24) is 14.7 Å². The second-order valence-electron chi connectivity index (χ2n) is 5.87. The number of amides is 1. The number of hydrogen-bond donors (Lipinski definition) is 0. The third kappa shape index (κ3) is 3.22. The number of carbonyl (C=O) groups excluding carboxylic acids is 1. The maximum Gasteiger partial charge on any atom is 0.435 e. The van der Waals surface area contributed by atoms with Crippen LogP contribution in [0, 0.1) is 0 Å². The summed E-state index contributed by atoms with van der Waals surface area (Å²) in [6, 6.07) is 1.46. The molecule has 1 aromatic heterocycles. The van der Waals surface area contributed by atoms with Crippen LogP contribution >= 0.6 is 0 Å². The summed E-state index contributed by atoms with van der Waals surface area (Å²) in [7, 11) is 0. The van der Waals surface area contributed by atoms with E-state index in [2.05, 4.69) is 5.10 Å². The summed E-state index contributed by atoms with van der Waals surface area (Å²) in [5.41, 5.74) is -0.950. The molecule has 7 heteroatoms. The SMILES string of the molecule is O=C(Cn1ccc(C(F)(F)F)n1)N(C1CCCC1)C1CC1. The van der Waals surface area contributed by atoms with Gasteiger partial charge in [0.15, 0.2) is 5.69 Å². The van der Waals surface area contributed by atoms with Gasteiger partial charge in [0.05, 0.1) is 0 Å². The lowest BCUT2D eigenvalue weighted by atomic mass is 10.2. The molecule has 1 heterocycles. The highest BCUT2D eigenvalue weighted by atomic mass is 19.4. The molecule has 0 aromatic carbocycles. The van der Waals surface area contributed by atoms with Crippen LogP contribution in [0.2, 0.25) is 0 Å². The van der Waals surface area contributed by atoms with Gasteiger partial charge in [-0.1, -0.05) is 12.8 Å². The van der Waals surface area contributed by atoms with Crippen LogP contribution in [-0.2, 0) is 17.5 Å². The van der Waals surface area contributed by atoms with E-state index in [1.54, 1.807) is 0 Å². The summed E-state index contributed by atoms with van der Waals surface area (Å²) in [6.45, 7) is -0.108. The van der Waals surface area contributed by atoms with Crippen LogP contribution in [0.1, 0.15) is 44.2 Å². The second-order valence-corrected chi connectivity index (χ2v) is 5.87. The van der Waals surface area contributed by atoms with Gasteiger partial charge in [-0.05, 0) is 31.7 Å². The smallest absolute Gasteiger partial charge is 0.335 e. The van der Waals surface area contributed by atoms with Crippen LogP contribution in [0.5, 0.6) is 0 Å². The topological polar surface area (TPSA) is 38.1 Å². The summed E-state index contributed by atoms with van der Waals surface area (Å²) in [5.74, 6) is -0.110. The molecule has 0 saturated heterocycles. The van der Waals surface area contributed by atoms with E-state index in [9.17, 15) is 18.0 Å². The highest BCUT2D eigenvalue weighted by Crippen LogP contribution is 2.34. The van der Waals surface area contributed by atoms with Gasteiger partial charge in [-0.3, -0.25) is 9.48 Å². The zero-order valence-corrected chi connectivity index (χ0v) is 11.6. The molecule has 2 fully saturated rings. The molecular weight excluding hydrogens is 283 g/mol. The van der Waals surface area contributed by atoms with Gasteiger partial charge in [0.25, 0.3) is 0 Å². The highest BCUT2D eigenvalue weighted by molar-refractivity contribution is 5.77. The van der Waals surface area contributed by atoms with Crippen molar-refractivity contribution in [1.29, 1.82) is 0 Å². The zero-order valence-electron chi connectivity index (χ0n) is 11.6. The van der Waals surface area contributed by atoms with E-state index in [0.717, 1.165) is 49.3 Å². The molecule has 2 aliphatic rings. The molecule has 0 radical (unpaired) electrons. The predicted molar refractivity (Wildman–Crippen MR) is 69.4 cm³/mol. The van der Waals surface area contributed by atoms with E-state index in [4.69, 9.17) is 0 Å². The monoisotopic (exact) mass is 301 g/mol. The van der Waals surface area contributed by atoms with Crippen LogP contribution in [-0.4, -0.2) is 32.7 Å². The van der Waals surface area contributed by atoms with Gasteiger partial charge in [0.1, 0.15) is 6.54 Å². The summed E-state index contributed by atoms with van der Waals surface area (Å²) in [5, 5.41) is 3.45. The van der Waals surface area contributed by atoms with Crippen molar-refractivity contribution in [3.8, 4) is 0 Å². The van der Waals surface area contributed by atoms with Crippen LogP contribution in [0.4, 0.5) is 13.2 Å². The molecular formula is C14H18F3N3O. The first-order valence-corrected chi connectivity index (χ1v) is 7.37. The molecule has 3 rings (SSSR count). The molecule has 21 heavy (non-hydrogen) atoms. The Balaban J connectivity index is 1.68. The summed E-state index contributed by atoms with van der Waals surface area (Å²) >= 11 is 0. The zero-order chi connectivity index (χ0) is 15.0. The number of nitrogens with zero attached hydrogens (tertiary/aromatic N) is 3. The van der Waals surface area contributed by atoms with Crippen LogP contribution < -0.4 is 0 Å². The van der Waals surface area contributed by atoms with E-state index in [1.165, 1.54) is 6.20 Å². The minimum absolute atomic E-state index is 0.108. The molecule has 2 saturated carbocycles. The van der Waals surface area contributed by atoms with E-state index < -0.39 is 11.9 Å².